The summed E-state index contributed by atoms with van der Waals surface area (Å²) in [6.45, 7) is 0. The summed E-state index contributed by atoms with van der Waals surface area (Å²) in [6.07, 6.45) is 0. The van der Waals surface area contributed by atoms with E-state index in [0.717, 1.165) is 8.47 Å². The van der Waals surface area contributed by atoms with Crippen LogP contribution in [0.5, 0.6) is 0 Å². The Labute approximate surface area is 128 Å². The van der Waals surface area contributed by atoms with Gasteiger partial charge in [0.1, 0.15) is 0 Å². The van der Waals surface area contributed by atoms with Gasteiger partial charge in [-0.05, 0) is 52.9 Å². The Morgan fingerprint density at radius 3 is 2.37 bits per heavy atom. The zero-order valence-corrected chi connectivity index (χ0v) is 12.5. The van der Waals surface area contributed by atoms with E-state index in [1.807, 2.05) is 0 Å². The van der Waals surface area contributed by atoms with E-state index in [0.29, 0.717) is 21.8 Å². The molecule has 2 amide bonds. The molecule has 3 nitrogen and oxygen atoms in total. The molecule has 1 heterocycles. The van der Waals surface area contributed by atoms with Gasteiger partial charge < -0.3 is 0 Å². The summed E-state index contributed by atoms with van der Waals surface area (Å²) < 4.78 is 0.915. The van der Waals surface area contributed by atoms with Gasteiger partial charge in [-0.1, -0.05) is 23.7 Å². The van der Waals surface area contributed by atoms with Crippen LogP contribution >= 0.6 is 34.2 Å². The van der Waals surface area contributed by atoms with Crippen LogP contribution in [-0.4, -0.2) is 11.8 Å². The largest absolute Gasteiger partial charge is 0.268 e. The lowest BCUT2D eigenvalue weighted by atomic mass is 10.1. The van der Waals surface area contributed by atoms with Gasteiger partial charge in [0.05, 0.1) is 21.8 Å². The third-order valence-electron chi connectivity index (χ3n) is 2.94. The molecule has 0 saturated heterocycles. The second-order valence-corrected chi connectivity index (χ2v) is 5.74. The average Bonchev–Trinajstić information content (AvgIpc) is 2.63. The second kappa shape index (κ2) is 4.61. The molecule has 0 spiro atoms. The molecular formula is C14H7ClINO2. The first kappa shape index (κ1) is 12.6. The van der Waals surface area contributed by atoms with Gasteiger partial charge in [0.25, 0.3) is 11.8 Å². The number of halogens is 2. The van der Waals surface area contributed by atoms with E-state index in [1.165, 1.54) is 0 Å². The lowest BCUT2D eigenvalue weighted by Gasteiger charge is -2.14. The van der Waals surface area contributed by atoms with Gasteiger partial charge in [0.15, 0.2) is 0 Å². The molecule has 0 N–H and O–H groups in total. The Hall–Kier alpha value is -1.40. The predicted octanol–water partition coefficient (Wildman–Crippen LogP) is 3.75. The number of para-hydroxylation sites is 1. The molecule has 3 rings (SSSR count). The predicted molar refractivity (Wildman–Crippen MR) is 81.8 cm³/mol. The van der Waals surface area contributed by atoms with Crippen LogP contribution < -0.4 is 4.90 Å². The van der Waals surface area contributed by atoms with Crippen LogP contribution in [-0.2, 0) is 0 Å². The van der Waals surface area contributed by atoms with Crippen LogP contribution in [0.1, 0.15) is 20.7 Å². The van der Waals surface area contributed by atoms with Crippen LogP contribution in [0.2, 0.25) is 5.02 Å². The maximum Gasteiger partial charge on any atom is 0.266 e. The highest BCUT2D eigenvalue weighted by molar-refractivity contribution is 14.1. The van der Waals surface area contributed by atoms with E-state index in [1.54, 1.807) is 42.5 Å². The van der Waals surface area contributed by atoms with E-state index < -0.39 is 0 Å². The van der Waals surface area contributed by atoms with Gasteiger partial charge in [-0.15, -0.1) is 0 Å². The third kappa shape index (κ3) is 1.95. The normalized spacial score (nSPS) is 13.9. The first-order chi connectivity index (χ1) is 9.09. The lowest BCUT2D eigenvalue weighted by molar-refractivity contribution is 0.0926. The molecule has 94 valence electrons. The number of fused-ring (bicyclic) bond motifs is 1. The standard InChI is InChI=1S/C14H7ClINO2/c15-11-3-1-2-4-12(11)17-13(18)9-6-5-8(16)7-10(9)14(17)19/h1-7H. The summed E-state index contributed by atoms with van der Waals surface area (Å²) in [5.41, 5.74) is 1.27. The van der Waals surface area contributed by atoms with E-state index in [-0.39, 0.29) is 11.8 Å². The number of carbonyl (C=O) groups excluding carboxylic acids is 2. The van der Waals surface area contributed by atoms with E-state index >= 15 is 0 Å². The number of hydrogen-bond donors (Lipinski definition) is 0. The molecular weight excluding hydrogens is 377 g/mol. The smallest absolute Gasteiger partial charge is 0.266 e. The van der Waals surface area contributed by atoms with Crippen molar-refractivity contribution in [3.8, 4) is 0 Å². The number of anilines is 1. The molecule has 0 radical (unpaired) electrons. The molecule has 2 aromatic rings. The minimum atomic E-state index is -0.329. The maximum atomic E-state index is 12.4. The number of hydrogen-bond acceptors (Lipinski definition) is 2. The van der Waals surface area contributed by atoms with E-state index in [9.17, 15) is 9.59 Å². The number of nitrogens with zero attached hydrogens (tertiary/aromatic N) is 1. The van der Waals surface area contributed by atoms with Crippen molar-refractivity contribution in [1.29, 1.82) is 0 Å². The van der Waals surface area contributed by atoms with Crippen molar-refractivity contribution in [2.45, 2.75) is 0 Å². The fraction of sp³-hybridized carbons (Fsp3) is 0. The van der Waals surface area contributed by atoms with Crippen LogP contribution in [0.15, 0.2) is 42.5 Å². The van der Waals surface area contributed by atoms with E-state index in [4.69, 9.17) is 11.6 Å². The molecule has 5 heteroatoms. The summed E-state index contributed by atoms with van der Waals surface area (Å²) in [6, 6.07) is 12.0. The van der Waals surface area contributed by atoms with Crippen molar-refractivity contribution in [2.24, 2.45) is 0 Å². The topological polar surface area (TPSA) is 37.4 Å². The summed E-state index contributed by atoms with van der Waals surface area (Å²) in [5.74, 6) is -0.656. The number of carbonyl (C=O) groups is 2. The molecule has 1 aliphatic rings. The average molecular weight is 384 g/mol. The molecule has 1 aliphatic heterocycles. The quantitative estimate of drug-likeness (QED) is 0.556. The minimum Gasteiger partial charge on any atom is -0.268 e. The number of rotatable bonds is 1. The van der Waals surface area contributed by atoms with Gasteiger partial charge >= 0.3 is 0 Å². The van der Waals surface area contributed by atoms with Crippen LogP contribution in [0, 0.1) is 3.57 Å². The van der Waals surface area contributed by atoms with Crippen molar-refractivity contribution in [2.75, 3.05) is 4.90 Å². The highest BCUT2D eigenvalue weighted by Gasteiger charge is 2.37. The van der Waals surface area contributed by atoms with Gasteiger partial charge in [0.2, 0.25) is 0 Å². The Morgan fingerprint density at radius 1 is 0.947 bits per heavy atom. The van der Waals surface area contributed by atoms with E-state index in [2.05, 4.69) is 22.6 Å². The Bertz CT molecular complexity index is 714. The molecule has 0 atom stereocenters. The lowest BCUT2D eigenvalue weighted by Crippen LogP contribution is -2.29. The van der Waals surface area contributed by atoms with Gasteiger partial charge in [-0.2, -0.15) is 0 Å². The Kier molecular flexibility index (Phi) is 3.06. The first-order valence-corrected chi connectivity index (χ1v) is 6.98. The summed E-state index contributed by atoms with van der Waals surface area (Å²) >= 11 is 8.17. The van der Waals surface area contributed by atoms with Gasteiger partial charge in [0, 0.05) is 3.57 Å². The number of benzene rings is 2. The van der Waals surface area contributed by atoms with Crippen molar-refractivity contribution in [3.05, 3.63) is 62.2 Å². The summed E-state index contributed by atoms with van der Waals surface area (Å²) in [7, 11) is 0. The van der Waals surface area contributed by atoms with Crippen LogP contribution in [0.3, 0.4) is 0 Å². The highest BCUT2D eigenvalue weighted by atomic mass is 127. The second-order valence-electron chi connectivity index (χ2n) is 4.09. The summed E-state index contributed by atoms with van der Waals surface area (Å²) in [5, 5.41) is 0.381. The zero-order chi connectivity index (χ0) is 13.6. The van der Waals surface area contributed by atoms with Crippen molar-refractivity contribution in [1.82, 2.24) is 0 Å². The van der Waals surface area contributed by atoms with Gasteiger partial charge in [-0.25, -0.2) is 4.90 Å². The van der Waals surface area contributed by atoms with Crippen molar-refractivity contribution < 1.29 is 9.59 Å². The Morgan fingerprint density at radius 2 is 1.63 bits per heavy atom. The number of amides is 2. The maximum absolute atomic E-state index is 12.4. The SMILES string of the molecule is O=C1c2ccc(I)cc2C(=O)N1c1ccccc1Cl. The highest BCUT2D eigenvalue weighted by Crippen LogP contribution is 2.33. The molecule has 0 aromatic heterocycles. The first-order valence-electron chi connectivity index (χ1n) is 5.52. The number of imide groups is 1. The molecule has 0 aliphatic carbocycles. The molecule has 0 saturated carbocycles. The summed E-state index contributed by atoms with van der Waals surface area (Å²) in [4.78, 5) is 25.8. The van der Waals surface area contributed by atoms with Gasteiger partial charge in [-0.3, -0.25) is 9.59 Å². The molecule has 0 unspecified atom stereocenters. The molecule has 0 fully saturated rings. The third-order valence-corrected chi connectivity index (χ3v) is 3.93. The fourth-order valence-electron chi connectivity index (χ4n) is 2.06. The minimum absolute atomic E-state index is 0.327. The van der Waals surface area contributed by atoms with Crippen molar-refractivity contribution >= 4 is 51.7 Å². The molecule has 0 bridgehead atoms. The Balaban J connectivity index is 2.16. The van der Waals surface area contributed by atoms with Crippen LogP contribution in [0.25, 0.3) is 0 Å². The molecule has 19 heavy (non-hydrogen) atoms. The zero-order valence-electron chi connectivity index (χ0n) is 9.56. The fourth-order valence-corrected chi connectivity index (χ4v) is 2.78. The monoisotopic (exact) mass is 383 g/mol. The van der Waals surface area contributed by atoms with Crippen LogP contribution in [0.4, 0.5) is 5.69 Å². The molecule has 2 aromatic carbocycles. The van der Waals surface area contributed by atoms with Crippen molar-refractivity contribution in [3.63, 3.8) is 0 Å².